The lowest BCUT2D eigenvalue weighted by Crippen LogP contribution is -2.00. The van der Waals surface area contributed by atoms with Crippen LogP contribution in [-0.2, 0) is 0 Å². The standard InChI is InChI=1S/C13H20O/c1-8(2)12-6-9(3)10(4)13(7-12)11(5)14/h6-8,11,14H,1-5H3. The van der Waals surface area contributed by atoms with E-state index in [-0.39, 0.29) is 6.10 Å². The van der Waals surface area contributed by atoms with Gasteiger partial charge in [0.15, 0.2) is 0 Å². The number of aliphatic hydroxyl groups excluding tert-OH is 1. The second kappa shape index (κ2) is 4.14. The second-order valence-electron chi connectivity index (χ2n) is 4.38. The quantitative estimate of drug-likeness (QED) is 0.760. The summed E-state index contributed by atoms with van der Waals surface area (Å²) in [5.41, 5.74) is 4.86. The number of benzene rings is 1. The molecule has 1 unspecified atom stereocenters. The normalized spacial score (nSPS) is 13.4. The Morgan fingerprint density at radius 1 is 1.07 bits per heavy atom. The summed E-state index contributed by atoms with van der Waals surface area (Å²) >= 11 is 0. The number of rotatable bonds is 2. The van der Waals surface area contributed by atoms with Crippen molar-refractivity contribution in [3.8, 4) is 0 Å². The van der Waals surface area contributed by atoms with E-state index in [0.717, 1.165) is 5.56 Å². The van der Waals surface area contributed by atoms with Crippen LogP contribution in [0.3, 0.4) is 0 Å². The summed E-state index contributed by atoms with van der Waals surface area (Å²) in [6, 6.07) is 4.34. The Hall–Kier alpha value is -0.820. The van der Waals surface area contributed by atoms with Crippen molar-refractivity contribution in [2.75, 3.05) is 0 Å². The van der Waals surface area contributed by atoms with E-state index in [1.165, 1.54) is 16.7 Å². The van der Waals surface area contributed by atoms with Gasteiger partial charge in [-0.15, -0.1) is 0 Å². The van der Waals surface area contributed by atoms with Gasteiger partial charge in [-0.05, 0) is 48.9 Å². The third kappa shape index (κ3) is 2.16. The van der Waals surface area contributed by atoms with E-state index in [2.05, 4.69) is 39.8 Å². The first-order valence-electron chi connectivity index (χ1n) is 5.22. The third-order valence-electron chi connectivity index (χ3n) is 2.85. The summed E-state index contributed by atoms with van der Waals surface area (Å²) in [5.74, 6) is 0.520. The molecule has 1 nitrogen and oxygen atoms in total. The van der Waals surface area contributed by atoms with Crippen molar-refractivity contribution in [2.24, 2.45) is 0 Å². The molecule has 0 aromatic heterocycles. The molecule has 0 radical (unpaired) electrons. The molecule has 1 rings (SSSR count). The van der Waals surface area contributed by atoms with Crippen LogP contribution in [0, 0.1) is 13.8 Å². The van der Waals surface area contributed by atoms with Crippen LogP contribution >= 0.6 is 0 Å². The van der Waals surface area contributed by atoms with Crippen molar-refractivity contribution >= 4 is 0 Å². The number of hydrogen-bond acceptors (Lipinski definition) is 1. The fourth-order valence-corrected chi connectivity index (χ4v) is 1.68. The molecule has 0 saturated carbocycles. The van der Waals surface area contributed by atoms with Gasteiger partial charge in [-0.25, -0.2) is 0 Å². The highest BCUT2D eigenvalue weighted by molar-refractivity contribution is 5.39. The zero-order chi connectivity index (χ0) is 10.9. The predicted octanol–water partition coefficient (Wildman–Crippen LogP) is 3.48. The molecule has 1 atom stereocenters. The summed E-state index contributed by atoms with van der Waals surface area (Å²) in [4.78, 5) is 0. The van der Waals surface area contributed by atoms with E-state index in [9.17, 15) is 5.11 Å². The summed E-state index contributed by atoms with van der Waals surface area (Å²) in [5, 5.41) is 9.64. The molecule has 0 heterocycles. The van der Waals surface area contributed by atoms with Crippen molar-refractivity contribution in [1.29, 1.82) is 0 Å². The van der Waals surface area contributed by atoms with E-state index >= 15 is 0 Å². The van der Waals surface area contributed by atoms with Gasteiger partial charge >= 0.3 is 0 Å². The minimum atomic E-state index is -0.368. The van der Waals surface area contributed by atoms with Gasteiger partial charge in [-0.2, -0.15) is 0 Å². The number of aryl methyl sites for hydroxylation is 1. The zero-order valence-corrected chi connectivity index (χ0v) is 9.76. The summed E-state index contributed by atoms with van der Waals surface area (Å²) in [6.07, 6.45) is -0.368. The largest absolute Gasteiger partial charge is 0.389 e. The summed E-state index contributed by atoms with van der Waals surface area (Å²) < 4.78 is 0. The molecule has 1 N–H and O–H groups in total. The van der Waals surface area contributed by atoms with Crippen LogP contribution in [0.1, 0.15) is 55.0 Å². The number of hydrogen-bond donors (Lipinski definition) is 1. The van der Waals surface area contributed by atoms with Gasteiger partial charge in [0, 0.05) is 0 Å². The maximum absolute atomic E-state index is 9.64. The Balaban J connectivity index is 3.28. The van der Waals surface area contributed by atoms with Crippen LogP contribution in [0.25, 0.3) is 0 Å². The molecule has 1 aromatic rings. The first-order chi connectivity index (χ1) is 6.43. The lowest BCUT2D eigenvalue weighted by molar-refractivity contribution is 0.198. The smallest absolute Gasteiger partial charge is 0.0764 e. The fraction of sp³-hybridized carbons (Fsp3) is 0.538. The number of aliphatic hydroxyl groups is 1. The van der Waals surface area contributed by atoms with Gasteiger partial charge in [0.2, 0.25) is 0 Å². The Morgan fingerprint density at radius 3 is 2.07 bits per heavy atom. The maximum atomic E-state index is 9.64. The lowest BCUT2D eigenvalue weighted by Gasteiger charge is -2.16. The van der Waals surface area contributed by atoms with E-state index in [1.807, 2.05) is 6.92 Å². The third-order valence-corrected chi connectivity index (χ3v) is 2.85. The van der Waals surface area contributed by atoms with Crippen molar-refractivity contribution in [3.63, 3.8) is 0 Å². The first kappa shape index (κ1) is 11.3. The second-order valence-corrected chi connectivity index (χ2v) is 4.38. The maximum Gasteiger partial charge on any atom is 0.0764 e. The van der Waals surface area contributed by atoms with Crippen molar-refractivity contribution in [1.82, 2.24) is 0 Å². The van der Waals surface area contributed by atoms with Gasteiger partial charge in [-0.3, -0.25) is 0 Å². The molecule has 1 heteroatoms. The van der Waals surface area contributed by atoms with Crippen molar-refractivity contribution in [3.05, 3.63) is 34.4 Å². The van der Waals surface area contributed by atoms with Crippen molar-refractivity contribution in [2.45, 2.75) is 46.6 Å². The molecular weight excluding hydrogens is 172 g/mol. The predicted molar refractivity (Wildman–Crippen MR) is 60.6 cm³/mol. The minimum absolute atomic E-state index is 0.368. The Labute approximate surface area is 86.8 Å². The molecular formula is C13H20O. The van der Waals surface area contributed by atoms with E-state index < -0.39 is 0 Å². The summed E-state index contributed by atoms with van der Waals surface area (Å²) in [7, 11) is 0. The SMILES string of the molecule is Cc1cc(C(C)C)cc(C(C)O)c1C. The van der Waals surface area contributed by atoms with Crippen LogP contribution in [-0.4, -0.2) is 5.11 Å². The fourth-order valence-electron chi connectivity index (χ4n) is 1.68. The molecule has 78 valence electrons. The van der Waals surface area contributed by atoms with Crippen LogP contribution in [0.2, 0.25) is 0 Å². The first-order valence-corrected chi connectivity index (χ1v) is 5.22. The van der Waals surface area contributed by atoms with Gasteiger partial charge in [0.05, 0.1) is 6.10 Å². The average molecular weight is 192 g/mol. The lowest BCUT2D eigenvalue weighted by atomic mass is 9.92. The Kier molecular flexibility index (Phi) is 3.33. The highest BCUT2D eigenvalue weighted by Crippen LogP contribution is 2.25. The van der Waals surface area contributed by atoms with Crippen molar-refractivity contribution < 1.29 is 5.11 Å². The highest BCUT2D eigenvalue weighted by Gasteiger charge is 2.10. The van der Waals surface area contributed by atoms with Gasteiger partial charge in [0.1, 0.15) is 0 Å². The van der Waals surface area contributed by atoms with Crippen LogP contribution in [0.15, 0.2) is 12.1 Å². The molecule has 0 saturated heterocycles. The molecule has 0 aliphatic carbocycles. The Morgan fingerprint density at radius 2 is 1.64 bits per heavy atom. The minimum Gasteiger partial charge on any atom is -0.389 e. The van der Waals surface area contributed by atoms with E-state index in [0.29, 0.717) is 5.92 Å². The van der Waals surface area contributed by atoms with Gasteiger partial charge in [0.25, 0.3) is 0 Å². The molecule has 0 aliphatic heterocycles. The molecule has 0 fully saturated rings. The molecule has 0 amide bonds. The van der Waals surface area contributed by atoms with Crippen LogP contribution in [0.4, 0.5) is 0 Å². The monoisotopic (exact) mass is 192 g/mol. The average Bonchev–Trinajstić information content (AvgIpc) is 2.08. The van der Waals surface area contributed by atoms with Crippen LogP contribution < -0.4 is 0 Å². The molecule has 14 heavy (non-hydrogen) atoms. The van der Waals surface area contributed by atoms with Gasteiger partial charge < -0.3 is 5.11 Å². The molecule has 0 aliphatic rings. The Bertz CT molecular complexity index is 324. The zero-order valence-electron chi connectivity index (χ0n) is 9.76. The molecule has 0 bridgehead atoms. The highest BCUT2D eigenvalue weighted by atomic mass is 16.3. The topological polar surface area (TPSA) is 20.2 Å². The van der Waals surface area contributed by atoms with E-state index in [1.54, 1.807) is 0 Å². The molecule has 0 spiro atoms. The van der Waals surface area contributed by atoms with Gasteiger partial charge in [-0.1, -0.05) is 26.0 Å². The van der Waals surface area contributed by atoms with E-state index in [4.69, 9.17) is 0 Å². The molecule has 1 aromatic carbocycles. The summed E-state index contributed by atoms with van der Waals surface area (Å²) in [6.45, 7) is 10.4. The van der Waals surface area contributed by atoms with Crippen LogP contribution in [0.5, 0.6) is 0 Å².